The van der Waals surface area contributed by atoms with Crippen molar-refractivity contribution in [2.45, 2.75) is 19.1 Å². The summed E-state index contributed by atoms with van der Waals surface area (Å²) in [5, 5.41) is 14.3. The highest BCUT2D eigenvalue weighted by Crippen LogP contribution is 2.33. The van der Waals surface area contributed by atoms with E-state index in [9.17, 15) is 9.90 Å². The van der Waals surface area contributed by atoms with E-state index in [1.165, 1.54) is 17.3 Å². The van der Waals surface area contributed by atoms with Crippen LogP contribution in [0, 0.1) is 0 Å². The van der Waals surface area contributed by atoms with Crippen molar-refractivity contribution in [1.29, 1.82) is 0 Å². The summed E-state index contributed by atoms with van der Waals surface area (Å²) < 4.78 is 9.56. The van der Waals surface area contributed by atoms with Crippen molar-refractivity contribution < 1.29 is 9.84 Å². The van der Waals surface area contributed by atoms with E-state index in [-0.39, 0.29) is 18.1 Å². The van der Waals surface area contributed by atoms with E-state index in [0.29, 0.717) is 12.4 Å². The molecule has 0 bridgehead atoms. The summed E-state index contributed by atoms with van der Waals surface area (Å²) in [5.74, 6) is 0.630. The first-order valence-electron chi connectivity index (χ1n) is 10.5. The fraction of sp³-hybridized carbons (Fsp3) is 0.240. The van der Waals surface area contributed by atoms with Gasteiger partial charge in [-0.3, -0.25) is 9.36 Å². The molecule has 5 rings (SSSR count). The largest absolute Gasteiger partial charge is 0.489 e. The number of aliphatic hydroxyl groups is 1. The van der Waals surface area contributed by atoms with Gasteiger partial charge in [-0.25, -0.2) is 0 Å². The fourth-order valence-electron chi connectivity index (χ4n) is 4.50. The number of hydrogen-bond acceptors (Lipinski definition) is 4. The first-order chi connectivity index (χ1) is 15.2. The van der Waals surface area contributed by atoms with Crippen LogP contribution in [0.25, 0.3) is 16.6 Å². The number of aliphatic hydroxyl groups excluding tert-OH is 1. The van der Waals surface area contributed by atoms with Gasteiger partial charge in [0.15, 0.2) is 0 Å². The predicted octanol–water partition coefficient (Wildman–Crippen LogP) is 3.09. The van der Waals surface area contributed by atoms with Crippen LogP contribution in [0.4, 0.5) is 0 Å². The molecule has 0 amide bonds. The first kappa shape index (κ1) is 19.6. The summed E-state index contributed by atoms with van der Waals surface area (Å²) in [5.41, 5.74) is 5.18. The van der Waals surface area contributed by atoms with Gasteiger partial charge >= 0.3 is 0 Å². The Morgan fingerprint density at radius 1 is 1.13 bits per heavy atom. The molecule has 0 spiro atoms. The lowest BCUT2D eigenvalue weighted by atomic mass is 9.97. The molecule has 4 aromatic rings. The Labute approximate surface area is 180 Å². The Hall–Kier alpha value is -3.35. The van der Waals surface area contributed by atoms with Crippen LogP contribution in [0.5, 0.6) is 5.75 Å². The van der Waals surface area contributed by atoms with Crippen molar-refractivity contribution in [3.63, 3.8) is 0 Å². The van der Waals surface area contributed by atoms with Crippen LogP contribution < -0.4 is 15.6 Å². The third kappa shape index (κ3) is 3.54. The van der Waals surface area contributed by atoms with Gasteiger partial charge < -0.3 is 19.7 Å². The lowest BCUT2D eigenvalue weighted by Gasteiger charge is -2.23. The van der Waals surface area contributed by atoms with E-state index in [0.717, 1.165) is 35.2 Å². The number of fused-ring (bicyclic) bond motifs is 3. The zero-order valence-electron chi connectivity index (χ0n) is 17.4. The smallest absolute Gasteiger partial charge is 0.258 e. The number of aromatic nitrogens is 2. The highest BCUT2D eigenvalue weighted by molar-refractivity contribution is 5.87. The molecule has 1 aliphatic rings. The molecule has 158 valence electrons. The summed E-state index contributed by atoms with van der Waals surface area (Å²) in [7, 11) is 2.03. The lowest BCUT2D eigenvalue weighted by molar-refractivity contribution is 0.252. The van der Waals surface area contributed by atoms with Crippen molar-refractivity contribution in [3.8, 4) is 11.4 Å². The summed E-state index contributed by atoms with van der Waals surface area (Å²) in [6, 6.07) is 19.3. The van der Waals surface area contributed by atoms with Crippen molar-refractivity contribution in [3.05, 3.63) is 94.0 Å². The number of nitrogens with one attached hydrogen (secondary N) is 1. The average Bonchev–Trinajstić information content (AvgIpc) is 3.10. The van der Waals surface area contributed by atoms with E-state index in [4.69, 9.17) is 4.74 Å². The summed E-state index contributed by atoms with van der Waals surface area (Å²) in [6.45, 7) is 2.09. The third-order valence-corrected chi connectivity index (χ3v) is 6.06. The van der Waals surface area contributed by atoms with E-state index in [2.05, 4.69) is 16.0 Å². The lowest BCUT2D eigenvalue weighted by Crippen LogP contribution is -2.30. The molecule has 1 atom stereocenters. The van der Waals surface area contributed by atoms with Gasteiger partial charge in [-0.15, -0.1) is 0 Å². The van der Waals surface area contributed by atoms with Crippen LogP contribution in [0.15, 0.2) is 71.7 Å². The van der Waals surface area contributed by atoms with Crippen molar-refractivity contribution in [2.75, 3.05) is 13.2 Å². The Balaban J connectivity index is 1.47. The topological polar surface area (TPSA) is 68.4 Å². The van der Waals surface area contributed by atoms with Gasteiger partial charge in [0.05, 0.1) is 17.8 Å². The number of pyridine rings is 1. The summed E-state index contributed by atoms with van der Waals surface area (Å²) >= 11 is 0. The zero-order chi connectivity index (χ0) is 21.4. The van der Waals surface area contributed by atoms with Crippen LogP contribution in [0.1, 0.15) is 22.7 Å². The molecule has 1 aliphatic heterocycles. The highest BCUT2D eigenvalue weighted by atomic mass is 16.5. The van der Waals surface area contributed by atoms with Crippen LogP contribution in [-0.4, -0.2) is 27.4 Å². The second-order valence-electron chi connectivity index (χ2n) is 7.98. The Bertz CT molecular complexity index is 1290. The Kier molecular flexibility index (Phi) is 5.10. The maximum atomic E-state index is 12.8. The molecule has 31 heavy (non-hydrogen) atoms. The van der Waals surface area contributed by atoms with Crippen molar-refractivity contribution in [2.24, 2.45) is 7.05 Å². The molecule has 0 fully saturated rings. The Morgan fingerprint density at radius 2 is 1.97 bits per heavy atom. The molecule has 3 heterocycles. The standard InChI is InChI=1S/C25H25N3O3/c1-27-23-11-19(7-8-21(23)22-14-26-13-18(15-29)25(22)27)28-10-9-20(12-24(28)30)31-16-17-5-3-2-4-6-17/h2-12,18,26,29H,13-16H2,1H3. The second-order valence-corrected chi connectivity index (χ2v) is 7.98. The molecule has 1 unspecified atom stereocenters. The van der Waals surface area contributed by atoms with Gasteiger partial charge in [0, 0.05) is 49.4 Å². The molecule has 0 saturated carbocycles. The van der Waals surface area contributed by atoms with Gasteiger partial charge in [0.2, 0.25) is 0 Å². The molecular formula is C25H25N3O3. The molecular weight excluding hydrogens is 390 g/mol. The normalized spacial score (nSPS) is 15.7. The summed E-state index contributed by atoms with van der Waals surface area (Å²) in [6.07, 6.45) is 1.75. The Morgan fingerprint density at radius 3 is 2.74 bits per heavy atom. The quantitative estimate of drug-likeness (QED) is 0.526. The number of nitrogens with zero attached hydrogens (tertiary/aromatic N) is 2. The number of aryl methyl sites for hydroxylation is 1. The average molecular weight is 415 g/mol. The SMILES string of the molecule is Cn1c2c(c3ccc(-n4ccc(OCc5ccccc5)cc4=O)cc31)CNCC2CO. The monoisotopic (exact) mass is 415 g/mol. The number of rotatable bonds is 5. The maximum Gasteiger partial charge on any atom is 0.258 e. The van der Waals surface area contributed by atoms with Gasteiger partial charge in [0.25, 0.3) is 5.56 Å². The van der Waals surface area contributed by atoms with Crippen LogP contribution in [-0.2, 0) is 20.2 Å². The van der Waals surface area contributed by atoms with Crippen LogP contribution in [0.2, 0.25) is 0 Å². The third-order valence-electron chi connectivity index (χ3n) is 6.06. The van der Waals surface area contributed by atoms with E-state index < -0.39 is 0 Å². The van der Waals surface area contributed by atoms with Crippen molar-refractivity contribution in [1.82, 2.24) is 14.5 Å². The van der Waals surface area contributed by atoms with Crippen LogP contribution in [0.3, 0.4) is 0 Å². The number of benzene rings is 2. The van der Waals surface area contributed by atoms with Gasteiger partial charge in [-0.05, 0) is 29.3 Å². The highest BCUT2D eigenvalue weighted by Gasteiger charge is 2.26. The second kappa shape index (κ2) is 8.06. The van der Waals surface area contributed by atoms with Gasteiger partial charge in [-0.2, -0.15) is 0 Å². The molecule has 2 N–H and O–H groups in total. The minimum atomic E-state index is -0.140. The number of ether oxygens (including phenoxy) is 1. The molecule has 6 heteroatoms. The molecule has 2 aromatic carbocycles. The van der Waals surface area contributed by atoms with E-state index >= 15 is 0 Å². The first-order valence-corrected chi connectivity index (χ1v) is 10.5. The van der Waals surface area contributed by atoms with Gasteiger partial charge in [0.1, 0.15) is 12.4 Å². The predicted molar refractivity (Wildman–Crippen MR) is 121 cm³/mol. The molecule has 0 radical (unpaired) electrons. The van der Waals surface area contributed by atoms with Gasteiger partial charge in [-0.1, -0.05) is 36.4 Å². The molecule has 0 saturated heterocycles. The van der Waals surface area contributed by atoms with Crippen molar-refractivity contribution >= 4 is 10.9 Å². The fourth-order valence-corrected chi connectivity index (χ4v) is 4.50. The minimum Gasteiger partial charge on any atom is -0.489 e. The minimum absolute atomic E-state index is 0.0772. The summed E-state index contributed by atoms with van der Waals surface area (Å²) in [4.78, 5) is 12.8. The zero-order valence-corrected chi connectivity index (χ0v) is 17.4. The van der Waals surface area contributed by atoms with E-state index in [1.54, 1.807) is 10.8 Å². The molecule has 0 aliphatic carbocycles. The molecule has 2 aromatic heterocycles. The van der Waals surface area contributed by atoms with E-state index in [1.807, 2.05) is 55.6 Å². The maximum absolute atomic E-state index is 12.8. The molecule has 6 nitrogen and oxygen atoms in total. The van der Waals surface area contributed by atoms with Crippen LogP contribution >= 0.6 is 0 Å². The number of hydrogen-bond donors (Lipinski definition) is 2.